The number of hydrogen-bond acceptors (Lipinski definition) is 3. The molecule has 2 rings (SSSR count). The van der Waals surface area contributed by atoms with Crippen LogP contribution in [-0.4, -0.2) is 44.6 Å². The maximum absolute atomic E-state index is 12.0. The fourth-order valence-corrected chi connectivity index (χ4v) is 1.93. The van der Waals surface area contributed by atoms with E-state index in [1.54, 1.807) is 4.90 Å². The molecular weight excluding hydrogens is 216 g/mol. The molecule has 1 amide bonds. The van der Waals surface area contributed by atoms with Crippen LogP contribution in [0.1, 0.15) is 15.9 Å². The van der Waals surface area contributed by atoms with Gasteiger partial charge in [0.25, 0.3) is 5.91 Å². The van der Waals surface area contributed by atoms with E-state index in [2.05, 4.69) is 5.32 Å². The van der Waals surface area contributed by atoms with E-state index in [-0.39, 0.29) is 5.91 Å². The first-order chi connectivity index (χ1) is 8.22. The molecule has 0 bridgehead atoms. The second-order valence-electron chi connectivity index (χ2n) is 4.25. The molecule has 0 unspecified atom stereocenters. The minimum atomic E-state index is 0.0883. The molecule has 4 heteroatoms. The Kier molecular flexibility index (Phi) is 3.64. The lowest BCUT2D eigenvalue weighted by atomic mass is 9.99. The number of amides is 1. The van der Waals surface area contributed by atoms with Crippen LogP contribution in [0, 0.1) is 0 Å². The largest absolute Gasteiger partial charge is 0.492 e. The average molecular weight is 234 g/mol. The number of likely N-dealkylation sites (N-methyl/N-ethyl adjacent to an activating group) is 2. The van der Waals surface area contributed by atoms with Gasteiger partial charge in [-0.2, -0.15) is 0 Å². The third-order valence-corrected chi connectivity index (χ3v) is 3.00. The Hall–Kier alpha value is -1.55. The van der Waals surface area contributed by atoms with Gasteiger partial charge in [-0.1, -0.05) is 6.07 Å². The molecule has 4 nitrogen and oxygen atoms in total. The highest BCUT2D eigenvalue weighted by Crippen LogP contribution is 2.23. The zero-order chi connectivity index (χ0) is 12.3. The molecule has 0 atom stereocenters. The second kappa shape index (κ2) is 5.19. The van der Waals surface area contributed by atoms with Crippen LogP contribution in [0.15, 0.2) is 18.2 Å². The SMILES string of the molecule is CNCCOc1ccc2c(c1)C(=O)N(C)CC2. The van der Waals surface area contributed by atoms with Crippen molar-refractivity contribution in [3.8, 4) is 5.75 Å². The lowest BCUT2D eigenvalue weighted by molar-refractivity contribution is 0.0780. The van der Waals surface area contributed by atoms with Gasteiger partial charge in [-0.05, 0) is 31.2 Å². The highest BCUT2D eigenvalue weighted by atomic mass is 16.5. The summed E-state index contributed by atoms with van der Waals surface area (Å²) in [7, 11) is 3.72. The molecule has 0 radical (unpaired) electrons. The summed E-state index contributed by atoms with van der Waals surface area (Å²) in [4.78, 5) is 13.7. The molecule has 92 valence electrons. The van der Waals surface area contributed by atoms with E-state index in [4.69, 9.17) is 4.74 Å². The Morgan fingerprint density at radius 3 is 3.06 bits per heavy atom. The molecule has 0 aliphatic carbocycles. The van der Waals surface area contributed by atoms with Crippen molar-refractivity contribution in [3.05, 3.63) is 29.3 Å². The summed E-state index contributed by atoms with van der Waals surface area (Å²) in [6.07, 6.45) is 0.925. The van der Waals surface area contributed by atoms with Crippen LogP contribution in [0.5, 0.6) is 5.75 Å². The van der Waals surface area contributed by atoms with Gasteiger partial charge in [0, 0.05) is 25.7 Å². The first kappa shape index (κ1) is 11.9. The van der Waals surface area contributed by atoms with Crippen LogP contribution < -0.4 is 10.1 Å². The molecule has 0 fully saturated rings. The summed E-state index contributed by atoms with van der Waals surface area (Å²) in [5.41, 5.74) is 1.90. The van der Waals surface area contributed by atoms with Crippen LogP contribution in [0.3, 0.4) is 0 Å². The van der Waals surface area contributed by atoms with Gasteiger partial charge in [-0.25, -0.2) is 0 Å². The van der Waals surface area contributed by atoms with Crippen molar-refractivity contribution in [2.75, 3.05) is 33.8 Å². The standard InChI is InChI=1S/C13H18N2O2/c1-14-6-8-17-11-4-3-10-5-7-15(2)13(16)12(10)9-11/h3-4,9,14H,5-8H2,1-2H3. The quantitative estimate of drug-likeness (QED) is 0.787. The normalized spacial score (nSPS) is 14.7. The predicted octanol–water partition coefficient (Wildman–Crippen LogP) is 0.913. The minimum absolute atomic E-state index is 0.0883. The molecule has 1 aliphatic heterocycles. The lowest BCUT2D eigenvalue weighted by Gasteiger charge is -2.25. The molecule has 1 aliphatic rings. The van der Waals surface area contributed by atoms with Gasteiger partial charge in [0.15, 0.2) is 0 Å². The lowest BCUT2D eigenvalue weighted by Crippen LogP contribution is -2.34. The maximum Gasteiger partial charge on any atom is 0.254 e. The Bertz CT molecular complexity index is 418. The molecule has 17 heavy (non-hydrogen) atoms. The predicted molar refractivity (Wildman–Crippen MR) is 66.5 cm³/mol. The second-order valence-corrected chi connectivity index (χ2v) is 4.25. The number of nitrogens with one attached hydrogen (secondary N) is 1. The topological polar surface area (TPSA) is 41.6 Å². The highest BCUT2D eigenvalue weighted by molar-refractivity contribution is 5.97. The number of fused-ring (bicyclic) bond motifs is 1. The summed E-state index contributed by atoms with van der Waals surface area (Å²) in [6.45, 7) is 2.20. The summed E-state index contributed by atoms with van der Waals surface area (Å²) in [5, 5.41) is 3.02. The highest BCUT2D eigenvalue weighted by Gasteiger charge is 2.21. The van der Waals surface area contributed by atoms with E-state index in [1.165, 1.54) is 0 Å². The van der Waals surface area contributed by atoms with Gasteiger partial charge in [0.05, 0.1) is 0 Å². The van der Waals surface area contributed by atoms with E-state index in [9.17, 15) is 4.79 Å². The number of nitrogens with zero attached hydrogens (tertiary/aromatic N) is 1. The zero-order valence-corrected chi connectivity index (χ0v) is 10.3. The van der Waals surface area contributed by atoms with Gasteiger partial charge < -0.3 is 15.0 Å². The Morgan fingerprint density at radius 1 is 1.47 bits per heavy atom. The van der Waals surface area contributed by atoms with E-state index < -0.39 is 0 Å². The molecular formula is C13H18N2O2. The average Bonchev–Trinajstić information content (AvgIpc) is 2.35. The van der Waals surface area contributed by atoms with Gasteiger partial charge in [0.1, 0.15) is 12.4 Å². The van der Waals surface area contributed by atoms with Crippen molar-refractivity contribution < 1.29 is 9.53 Å². The van der Waals surface area contributed by atoms with E-state index in [1.807, 2.05) is 32.3 Å². The van der Waals surface area contributed by atoms with Crippen molar-refractivity contribution in [2.24, 2.45) is 0 Å². The number of hydrogen-bond donors (Lipinski definition) is 1. The van der Waals surface area contributed by atoms with Crippen LogP contribution >= 0.6 is 0 Å². The summed E-state index contributed by atoms with van der Waals surface area (Å²) in [6, 6.07) is 5.78. The number of rotatable bonds is 4. The van der Waals surface area contributed by atoms with E-state index in [0.29, 0.717) is 6.61 Å². The molecule has 1 heterocycles. The fourth-order valence-electron chi connectivity index (χ4n) is 1.93. The Labute approximate surface area is 102 Å². The Balaban J connectivity index is 2.15. The number of benzene rings is 1. The van der Waals surface area contributed by atoms with Crippen LogP contribution in [0.4, 0.5) is 0 Å². The summed E-state index contributed by atoms with van der Waals surface area (Å²) < 4.78 is 5.56. The fraction of sp³-hybridized carbons (Fsp3) is 0.462. The number of ether oxygens (including phenoxy) is 1. The maximum atomic E-state index is 12.0. The summed E-state index contributed by atoms with van der Waals surface area (Å²) in [5.74, 6) is 0.855. The first-order valence-electron chi connectivity index (χ1n) is 5.88. The molecule has 1 aromatic carbocycles. The van der Waals surface area contributed by atoms with Crippen molar-refractivity contribution in [1.82, 2.24) is 10.2 Å². The molecule has 0 saturated heterocycles. The van der Waals surface area contributed by atoms with Crippen molar-refractivity contribution in [1.29, 1.82) is 0 Å². The third kappa shape index (κ3) is 2.58. The Morgan fingerprint density at radius 2 is 2.29 bits per heavy atom. The van der Waals surface area contributed by atoms with Crippen LogP contribution in [0.2, 0.25) is 0 Å². The summed E-state index contributed by atoms with van der Waals surface area (Å²) >= 11 is 0. The molecule has 0 saturated carbocycles. The van der Waals surface area contributed by atoms with Crippen LogP contribution in [-0.2, 0) is 6.42 Å². The van der Waals surface area contributed by atoms with Crippen molar-refractivity contribution in [2.45, 2.75) is 6.42 Å². The van der Waals surface area contributed by atoms with Gasteiger partial charge in [-0.15, -0.1) is 0 Å². The van der Waals surface area contributed by atoms with E-state index >= 15 is 0 Å². The number of carbonyl (C=O) groups excluding carboxylic acids is 1. The van der Waals surface area contributed by atoms with Gasteiger partial charge in [0.2, 0.25) is 0 Å². The third-order valence-electron chi connectivity index (χ3n) is 3.00. The smallest absolute Gasteiger partial charge is 0.254 e. The van der Waals surface area contributed by atoms with Gasteiger partial charge >= 0.3 is 0 Å². The van der Waals surface area contributed by atoms with E-state index in [0.717, 1.165) is 36.4 Å². The zero-order valence-electron chi connectivity index (χ0n) is 10.3. The molecule has 1 N–H and O–H groups in total. The monoisotopic (exact) mass is 234 g/mol. The number of carbonyl (C=O) groups is 1. The van der Waals surface area contributed by atoms with Crippen molar-refractivity contribution in [3.63, 3.8) is 0 Å². The van der Waals surface area contributed by atoms with Crippen LogP contribution in [0.25, 0.3) is 0 Å². The minimum Gasteiger partial charge on any atom is -0.492 e. The molecule has 0 aromatic heterocycles. The van der Waals surface area contributed by atoms with Crippen molar-refractivity contribution >= 4 is 5.91 Å². The van der Waals surface area contributed by atoms with Gasteiger partial charge in [-0.3, -0.25) is 4.79 Å². The first-order valence-corrected chi connectivity index (χ1v) is 5.88. The molecule has 1 aromatic rings. The molecule has 0 spiro atoms.